The van der Waals surface area contributed by atoms with Gasteiger partial charge in [0.25, 0.3) is 0 Å². The molecule has 3 heterocycles. The van der Waals surface area contributed by atoms with Gasteiger partial charge in [-0.25, -0.2) is 4.98 Å². The van der Waals surface area contributed by atoms with Gasteiger partial charge in [0.05, 0.1) is 6.61 Å². The van der Waals surface area contributed by atoms with Gasteiger partial charge in [-0.2, -0.15) is 0 Å². The third kappa shape index (κ3) is 6.23. The number of methoxy groups -OCH3 is 1. The second kappa shape index (κ2) is 11.7. The van der Waals surface area contributed by atoms with Gasteiger partial charge in [0, 0.05) is 32.4 Å². The Kier molecular flexibility index (Phi) is 8.41. The maximum Gasteiger partial charge on any atom is 0.129 e. The maximum atomic E-state index is 5.83. The highest BCUT2D eigenvalue weighted by molar-refractivity contribution is 5.47. The normalized spacial score (nSPS) is 19.4. The van der Waals surface area contributed by atoms with Crippen molar-refractivity contribution in [1.82, 2.24) is 9.88 Å². The van der Waals surface area contributed by atoms with Gasteiger partial charge in [0.2, 0.25) is 0 Å². The molecule has 0 aliphatic carbocycles. The molecule has 5 nitrogen and oxygen atoms in total. The monoisotopic (exact) mass is 437 g/mol. The molecule has 174 valence electrons. The predicted molar refractivity (Wildman–Crippen MR) is 131 cm³/mol. The van der Waals surface area contributed by atoms with E-state index in [4.69, 9.17) is 14.5 Å². The Morgan fingerprint density at radius 2 is 2.16 bits per heavy atom. The average Bonchev–Trinajstić information content (AvgIpc) is 3.29. The van der Waals surface area contributed by atoms with Crippen LogP contribution in [0.5, 0.6) is 5.75 Å². The van der Waals surface area contributed by atoms with E-state index in [1.807, 2.05) is 6.07 Å². The number of pyridine rings is 1. The highest BCUT2D eigenvalue weighted by atomic mass is 16.5. The number of likely N-dealkylation sites (tertiary alicyclic amines) is 1. The molecule has 2 aromatic rings. The molecule has 0 radical (unpaired) electrons. The summed E-state index contributed by atoms with van der Waals surface area (Å²) >= 11 is 0. The number of rotatable bonds is 11. The SMILES string of the molecule is CCC(CN1CCC(CCc2ccc3c(n2)NCCC3)C1)c1cccc(OCCOC)c1. The third-order valence-corrected chi connectivity index (χ3v) is 6.99. The minimum absolute atomic E-state index is 0.549. The van der Waals surface area contributed by atoms with Crippen LogP contribution in [0.1, 0.15) is 55.3 Å². The van der Waals surface area contributed by atoms with E-state index in [0.29, 0.717) is 19.1 Å². The van der Waals surface area contributed by atoms with Gasteiger partial charge in [-0.05, 0) is 86.2 Å². The Balaban J connectivity index is 1.26. The van der Waals surface area contributed by atoms with Crippen LogP contribution in [-0.2, 0) is 17.6 Å². The number of benzene rings is 1. The average molecular weight is 438 g/mol. The number of nitrogens with one attached hydrogen (secondary N) is 1. The summed E-state index contributed by atoms with van der Waals surface area (Å²) in [5.74, 6) is 3.40. The number of aryl methyl sites for hydroxylation is 2. The third-order valence-electron chi connectivity index (χ3n) is 6.99. The molecule has 2 aliphatic rings. The van der Waals surface area contributed by atoms with E-state index in [-0.39, 0.29) is 0 Å². The minimum atomic E-state index is 0.549. The van der Waals surface area contributed by atoms with E-state index >= 15 is 0 Å². The highest BCUT2D eigenvalue weighted by Gasteiger charge is 2.25. The first-order valence-electron chi connectivity index (χ1n) is 12.4. The highest BCUT2D eigenvalue weighted by Crippen LogP contribution is 2.29. The topological polar surface area (TPSA) is 46.6 Å². The molecule has 0 saturated carbocycles. The summed E-state index contributed by atoms with van der Waals surface area (Å²) in [4.78, 5) is 7.55. The summed E-state index contributed by atoms with van der Waals surface area (Å²) in [6.07, 6.45) is 7.16. The number of hydrogen-bond donors (Lipinski definition) is 1. The lowest BCUT2D eigenvalue weighted by Gasteiger charge is -2.24. The van der Waals surface area contributed by atoms with Gasteiger partial charge < -0.3 is 19.7 Å². The largest absolute Gasteiger partial charge is 0.491 e. The molecule has 0 spiro atoms. The second-order valence-electron chi connectivity index (χ2n) is 9.31. The van der Waals surface area contributed by atoms with Crippen molar-refractivity contribution in [2.75, 3.05) is 51.8 Å². The van der Waals surface area contributed by atoms with E-state index in [2.05, 4.69) is 47.5 Å². The number of ether oxygens (including phenoxy) is 2. The van der Waals surface area contributed by atoms with Crippen molar-refractivity contribution in [3.63, 3.8) is 0 Å². The summed E-state index contributed by atoms with van der Waals surface area (Å²) in [6.45, 7) is 8.13. The van der Waals surface area contributed by atoms with E-state index < -0.39 is 0 Å². The lowest BCUT2D eigenvalue weighted by Crippen LogP contribution is -2.26. The number of hydrogen-bond acceptors (Lipinski definition) is 5. The van der Waals surface area contributed by atoms with Crippen LogP contribution in [0.3, 0.4) is 0 Å². The van der Waals surface area contributed by atoms with Crippen molar-refractivity contribution >= 4 is 5.82 Å². The fourth-order valence-electron chi connectivity index (χ4n) is 5.06. The summed E-state index contributed by atoms with van der Waals surface area (Å²) in [5, 5.41) is 3.47. The quantitative estimate of drug-likeness (QED) is 0.506. The van der Waals surface area contributed by atoms with Gasteiger partial charge in [-0.1, -0.05) is 25.1 Å². The smallest absolute Gasteiger partial charge is 0.129 e. The summed E-state index contributed by atoms with van der Waals surface area (Å²) in [5.41, 5.74) is 4.01. The second-order valence-corrected chi connectivity index (χ2v) is 9.31. The van der Waals surface area contributed by atoms with Crippen LogP contribution < -0.4 is 10.1 Å². The molecular weight excluding hydrogens is 398 g/mol. The van der Waals surface area contributed by atoms with Gasteiger partial charge in [-0.3, -0.25) is 0 Å². The molecule has 1 saturated heterocycles. The molecule has 1 aromatic heterocycles. The summed E-state index contributed by atoms with van der Waals surface area (Å²) in [6, 6.07) is 13.2. The molecule has 2 atom stereocenters. The van der Waals surface area contributed by atoms with E-state index in [9.17, 15) is 0 Å². The molecule has 32 heavy (non-hydrogen) atoms. The van der Waals surface area contributed by atoms with Crippen molar-refractivity contribution < 1.29 is 9.47 Å². The van der Waals surface area contributed by atoms with Crippen LogP contribution in [-0.4, -0.2) is 56.4 Å². The number of nitrogens with zero attached hydrogens (tertiary/aromatic N) is 2. The zero-order valence-corrected chi connectivity index (χ0v) is 19.8. The lowest BCUT2D eigenvalue weighted by atomic mass is 9.95. The first-order chi connectivity index (χ1) is 15.7. The standard InChI is InChI=1S/C27H39N3O2/c1-3-22(24-6-4-8-26(18-24)32-17-16-31-2)20-30-15-13-21(19-30)9-11-25-12-10-23-7-5-14-28-27(23)29-25/h4,6,8,10,12,18,21-22H,3,5,7,9,11,13-17,19-20H2,1-2H3,(H,28,29). The Labute approximate surface area is 193 Å². The Bertz CT molecular complexity index is 857. The van der Waals surface area contributed by atoms with Crippen LogP contribution in [0.25, 0.3) is 0 Å². The molecule has 4 rings (SSSR count). The van der Waals surface area contributed by atoms with Crippen LogP contribution in [0, 0.1) is 5.92 Å². The molecule has 1 fully saturated rings. The van der Waals surface area contributed by atoms with Crippen molar-refractivity contribution in [3.8, 4) is 5.75 Å². The van der Waals surface area contributed by atoms with E-state index in [1.54, 1.807) is 7.11 Å². The minimum Gasteiger partial charge on any atom is -0.491 e. The fraction of sp³-hybridized carbons (Fsp3) is 0.593. The predicted octanol–water partition coefficient (Wildman–Crippen LogP) is 4.91. The van der Waals surface area contributed by atoms with Crippen molar-refractivity contribution in [2.24, 2.45) is 5.92 Å². The molecule has 1 aromatic carbocycles. The molecule has 2 aliphatic heterocycles. The van der Waals surface area contributed by atoms with Crippen LogP contribution in [0.2, 0.25) is 0 Å². The number of fused-ring (bicyclic) bond motifs is 1. The lowest BCUT2D eigenvalue weighted by molar-refractivity contribution is 0.146. The van der Waals surface area contributed by atoms with Crippen molar-refractivity contribution in [1.29, 1.82) is 0 Å². The summed E-state index contributed by atoms with van der Waals surface area (Å²) < 4.78 is 10.9. The molecule has 0 amide bonds. The molecular formula is C27H39N3O2. The Morgan fingerprint density at radius 1 is 1.22 bits per heavy atom. The van der Waals surface area contributed by atoms with E-state index in [1.165, 1.54) is 49.2 Å². The van der Waals surface area contributed by atoms with Crippen molar-refractivity contribution in [2.45, 2.75) is 51.4 Å². The van der Waals surface area contributed by atoms with Gasteiger partial charge in [0.1, 0.15) is 18.2 Å². The zero-order valence-electron chi connectivity index (χ0n) is 19.8. The van der Waals surface area contributed by atoms with Crippen molar-refractivity contribution in [3.05, 3.63) is 53.2 Å². The first-order valence-corrected chi connectivity index (χ1v) is 12.4. The maximum absolute atomic E-state index is 5.83. The van der Waals surface area contributed by atoms with E-state index in [0.717, 1.165) is 49.8 Å². The number of aromatic nitrogens is 1. The molecule has 1 N–H and O–H groups in total. The summed E-state index contributed by atoms with van der Waals surface area (Å²) in [7, 11) is 1.71. The molecule has 5 heteroatoms. The molecule has 0 bridgehead atoms. The zero-order chi connectivity index (χ0) is 22.2. The number of anilines is 1. The van der Waals surface area contributed by atoms with Crippen LogP contribution in [0.15, 0.2) is 36.4 Å². The first kappa shape index (κ1) is 23.1. The fourth-order valence-corrected chi connectivity index (χ4v) is 5.06. The van der Waals surface area contributed by atoms with Crippen LogP contribution >= 0.6 is 0 Å². The molecule has 2 unspecified atom stereocenters. The van der Waals surface area contributed by atoms with Gasteiger partial charge in [0.15, 0.2) is 0 Å². The van der Waals surface area contributed by atoms with Crippen LogP contribution in [0.4, 0.5) is 5.82 Å². The van der Waals surface area contributed by atoms with Gasteiger partial charge in [-0.15, -0.1) is 0 Å². The van der Waals surface area contributed by atoms with Gasteiger partial charge >= 0.3 is 0 Å². The Morgan fingerprint density at radius 3 is 3.03 bits per heavy atom. The Hall–Kier alpha value is -2.11.